The van der Waals surface area contributed by atoms with E-state index in [0.29, 0.717) is 12.3 Å². The number of aliphatic hydroxyl groups is 1. The number of carbonyl (C=O) groups is 1. The summed E-state index contributed by atoms with van der Waals surface area (Å²) in [6.07, 6.45) is 2.67. The highest BCUT2D eigenvalue weighted by atomic mass is 32.1. The van der Waals surface area contributed by atoms with Crippen LogP contribution in [0.4, 0.5) is 0 Å². The molecule has 1 N–H and O–H groups in total. The number of rotatable bonds is 8. The molecular weight excluding hydrogens is 302 g/mol. The van der Waals surface area contributed by atoms with Crippen molar-refractivity contribution in [2.75, 3.05) is 20.3 Å². The van der Waals surface area contributed by atoms with Crippen LogP contribution >= 0.6 is 11.3 Å². The number of hydrogen-bond acceptors (Lipinski definition) is 6. The van der Waals surface area contributed by atoms with Crippen LogP contribution in [-0.2, 0) is 4.74 Å². The zero-order valence-electron chi connectivity index (χ0n) is 12.4. The number of thiazole rings is 1. The summed E-state index contributed by atoms with van der Waals surface area (Å²) in [5.74, 6) is 0.343. The minimum absolute atomic E-state index is 0.224. The van der Waals surface area contributed by atoms with E-state index in [-0.39, 0.29) is 6.61 Å². The zero-order valence-corrected chi connectivity index (χ0v) is 13.3. The highest BCUT2D eigenvalue weighted by molar-refractivity contribution is 7.13. The molecule has 1 aromatic carbocycles. The maximum absolute atomic E-state index is 11.4. The molecule has 0 bridgehead atoms. The quantitative estimate of drug-likeness (QED) is 0.597. The molecule has 1 heterocycles. The predicted molar refractivity (Wildman–Crippen MR) is 85.3 cm³/mol. The Kier molecular flexibility index (Phi) is 6.36. The summed E-state index contributed by atoms with van der Waals surface area (Å²) in [6, 6.07) is 7.63. The van der Waals surface area contributed by atoms with Gasteiger partial charge in [0.1, 0.15) is 10.8 Å². The molecule has 118 valence electrons. The van der Waals surface area contributed by atoms with Gasteiger partial charge < -0.3 is 14.6 Å². The third kappa shape index (κ3) is 4.54. The van der Waals surface area contributed by atoms with Crippen LogP contribution < -0.4 is 4.74 Å². The molecule has 0 saturated carbocycles. The number of esters is 1. The summed E-state index contributed by atoms with van der Waals surface area (Å²) >= 11 is 1.39. The van der Waals surface area contributed by atoms with Gasteiger partial charge in [0.25, 0.3) is 0 Å². The fourth-order valence-electron chi connectivity index (χ4n) is 1.90. The Morgan fingerprint density at radius 3 is 2.95 bits per heavy atom. The molecular formula is C16H19NO4S. The van der Waals surface area contributed by atoms with Crippen LogP contribution in [0.2, 0.25) is 0 Å². The number of hydrogen-bond donors (Lipinski definition) is 1. The van der Waals surface area contributed by atoms with Crippen molar-refractivity contribution < 1.29 is 19.4 Å². The molecule has 0 aliphatic heterocycles. The topological polar surface area (TPSA) is 68.7 Å². The summed E-state index contributed by atoms with van der Waals surface area (Å²) in [6.45, 7) is 0.844. The summed E-state index contributed by atoms with van der Waals surface area (Å²) < 4.78 is 10.4. The lowest BCUT2D eigenvalue weighted by Gasteiger charge is -2.06. The van der Waals surface area contributed by atoms with E-state index in [1.54, 1.807) is 5.38 Å². The Labute approximate surface area is 133 Å². The number of aliphatic hydroxyl groups excluding tert-OH is 1. The van der Waals surface area contributed by atoms with E-state index >= 15 is 0 Å². The first-order valence-electron chi connectivity index (χ1n) is 7.12. The van der Waals surface area contributed by atoms with Crippen molar-refractivity contribution in [3.63, 3.8) is 0 Å². The molecule has 5 nitrogen and oxygen atoms in total. The fourth-order valence-corrected chi connectivity index (χ4v) is 2.69. The molecule has 2 aromatic rings. The van der Waals surface area contributed by atoms with Gasteiger partial charge in [-0.2, -0.15) is 0 Å². The van der Waals surface area contributed by atoms with Crippen molar-refractivity contribution in [3.8, 4) is 16.3 Å². The molecule has 2 rings (SSSR count). The van der Waals surface area contributed by atoms with Gasteiger partial charge in [0.2, 0.25) is 0 Å². The largest absolute Gasteiger partial charge is 0.494 e. The first kappa shape index (κ1) is 16.5. The van der Waals surface area contributed by atoms with Crippen LogP contribution in [0.1, 0.15) is 29.8 Å². The SMILES string of the molecule is COC(=O)c1csc(-c2cccc(OCCCCCO)c2)n1. The lowest BCUT2D eigenvalue weighted by atomic mass is 10.2. The summed E-state index contributed by atoms with van der Waals surface area (Å²) in [4.78, 5) is 15.7. The Balaban J connectivity index is 1.99. The third-order valence-electron chi connectivity index (χ3n) is 3.05. The number of carbonyl (C=O) groups excluding carboxylic acids is 1. The minimum atomic E-state index is -0.432. The number of nitrogens with zero attached hydrogens (tertiary/aromatic N) is 1. The van der Waals surface area contributed by atoms with E-state index in [0.717, 1.165) is 35.6 Å². The van der Waals surface area contributed by atoms with Gasteiger partial charge in [0.05, 0.1) is 13.7 Å². The van der Waals surface area contributed by atoms with Crippen molar-refractivity contribution in [1.29, 1.82) is 0 Å². The van der Waals surface area contributed by atoms with Crippen molar-refractivity contribution in [3.05, 3.63) is 35.3 Å². The van der Waals surface area contributed by atoms with Gasteiger partial charge in [-0.05, 0) is 31.4 Å². The Hall–Kier alpha value is -1.92. The smallest absolute Gasteiger partial charge is 0.357 e. The van der Waals surface area contributed by atoms with Crippen LogP contribution in [0.5, 0.6) is 5.75 Å². The number of benzene rings is 1. The van der Waals surface area contributed by atoms with Gasteiger partial charge >= 0.3 is 5.97 Å². The molecule has 0 saturated heterocycles. The molecule has 22 heavy (non-hydrogen) atoms. The lowest BCUT2D eigenvalue weighted by Crippen LogP contribution is -2.01. The summed E-state index contributed by atoms with van der Waals surface area (Å²) in [5, 5.41) is 11.2. The highest BCUT2D eigenvalue weighted by Gasteiger charge is 2.12. The molecule has 0 fully saturated rings. The fraction of sp³-hybridized carbons (Fsp3) is 0.375. The third-order valence-corrected chi connectivity index (χ3v) is 3.94. The van der Waals surface area contributed by atoms with Gasteiger partial charge in [-0.3, -0.25) is 0 Å². The monoisotopic (exact) mass is 321 g/mol. The first-order chi connectivity index (χ1) is 10.7. The summed E-state index contributed by atoms with van der Waals surface area (Å²) in [5.41, 5.74) is 1.23. The molecule has 0 amide bonds. The Morgan fingerprint density at radius 1 is 1.32 bits per heavy atom. The van der Waals surface area contributed by atoms with Crippen molar-refractivity contribution >= 4 is 17.3 Å². The van der Waals surface area contributed by atoms with Crippen molar-refractivity contribution in [2.45, 2.75) is 19.3 Å². The van der Waals surface area contributed by atoms with E-state index in [9.17, 15) is 4.79 Å². The van der Waals surface area contributed by atoms with Crippen LogP contribution in [0.3, 0.4) is 0 Å². The van der Waals surface area contributed by atoms with E-state index in [1.165, 1.54) is 18.4 Å². The standard InChI is InChI=1S/C16H19NO4S/c1-20-16(19)14-11-22-15(17-14)12-6-5-7-13(10-12)21-9-4-2-3-8-18/h5-7,10-11,18H,2-4,8-9H2,1H3. The van der Waals surface area contributed by atoms with Gasteiger partial charge in [0, 0.05) is 17.6 Å². The number of methoxy groups -OCH3 is 1. The number of unbranched alkanes of at least 4 members (excludes halogenated alkanes) is 2. The second-order valence-corrected chi connectivity index (χ2v) is 5.55. The van der Waals surface area contributed by atoms with Crippen LogP contribution in [0.15, 0.2) is 29.6 Å². The molecule has 0 aliphatic carbocycles. The second-order valence-electron chi connectivity index (χ2n) is 4.69. The van der Waals surface area contributed by atoms with E-state index in [4.69, 9.17) is 9.84 Å². The highest BCUT2D eigenvalue weighted by Crippen LogP contribution is 2.27. The zero-order chi connectivity index (χ0) is 15.8. The molecule has 0 unspecified atom stereocenters. The van der Waals surface area contributed by atoms with Crippen molar-refractivity contribution in [2.24, 2.45) is 0 Å². The molecule has 0 atom stereocenters. The van der Waals surface area contributed by atoms with Gasteiger partial charge in [-0.15, -0.1) is 11.3 Å². The molecule has 1 aromatic heterocycles. The average Bonchev–Trinajstić information content (AvgIpc) is 3.04. The van der Waals surface area contributed by atoms with E-state index in [2.05, 4.69) is 9.72 Å². The average molecular weight is 321 g/mol. The number of ether oxygens (including phenoxy) is 2. The van der Waals surface area contributed by atoms with Crippen LogP contribution in [0, 0.1) is 0 Å². The van der Waals surface area contributed by atoms with E-state index in [1.807, 2.05) is 24.3 Å². The molecule has 0 aliphatic rings. The maximum atomic E-state index is 11.4. The van der Waals surface area contributed by atoms with Gasteiger partial charge in [-0.1, -0.05) is 12.1 Å². The van der Waals surface area contributed by atoms with Crippen LogP contribution in [-0.4, -0.2) is 36.4 Å². The Morgan fingerprint density at radius 2 is 2.18 bits per heavy atom. The predicted octanol–water partition coefficient (Wildman–Crippen LogP) is 3.14. The normalized spacial score (nSPS) is 10.5. The number of aromatic nitrogens is 1. The van der Waals surface area contributed by atoms with Crippen molar-refractivity contribution in [1.82, 2.24) is 4.98 Å². The molecule has 6 heteroatoms. The second kappa shape index (κ2) is 8.51. The lowest BCUT2D eigenvalue weighted by molar-refractivity contribution is 0.0595. The first-order valence-corrected chi connectivity index (χ1v) is 8.00. The van der Waals surface area contributed by atoms with Gasteiger partial charge in [-0.25, -0.2) is 9.78 Å². The van der Waals surface area contributed by atoms with E-state index < -0.39 is 5.97 Å². The molecule has 0 spiro atoms. The summed E-state index contributed by atoms with van der Waals surface area (Å²) in [7, 11) is 1.34. The molecule has 0 radical (unpaired) electrons. The minimum Gasteiger partial charge on any atom is -0.494 e. The maximum Gasteiger partial charge on any atom is 0.357 e. The van der Waals surface area contributed by atoms with Crippen LogP contribution in [0.25, 0.3) is 10.6 Å². The Bertz CT molecular complexity index is 612. The van der Waals surface area contributed by atoms with Gasteiger partial charge in [0.15, 0.2) is 5.69 Å².